The first-order chi connectivity index (χ1) is 7.93. The smallest absolute Gasteiger partial charge is 0.212 e. The monoisotopic (exact) mass is 263 g/mol. The van der Waals surface area contributed by atoms with E-state index >= 15 is 0 Å². The first-order valence-electron chi connectivity index (χ1n) is 6.54. The highest BCUT2D eigenvalue weighted by atomic mass is 32.2. The van der Waals surface area contributed by atoms with Crippen molar-refractivity contribution in [3.63, 3.8) is 0 Å². The molecule has 0 aromatic rings. The molecule has 2 N–H and O–H groups in total. The van der Waals surface area contributed by atoms with E-state index in [2.05, 4.69) is 4.72 Å². The summed E-state index contributed by atoms with van der Waals surface area (Å²) in [5.41, 5.74) is 0. The third-order valence-electron chi connectivity index (χ3n) is 3.28. The maximum Gasteiger partial charge on any atom is 0.212 e. The van der Waals surface area contributed by atoms with Gasteiger partial charge in [0.05, 0.1) is 5.75 Å². The summed E-state index contributed by atoms with van der Waals surface area (Å²) >= 11 is 0. The lowest BCUT2D eigenvalue weighted by Gasteiger charge is -2.28. The lowest BCUT2D eigenvalue weighted by Crippen LogP contribution is -2.39. The predicted octanol–water partition coefficient (Wildman–Crippen LogP) is 1.50. The molecule has 0 saturated heterocycles. The van der Waals surface area contributed by atoms with Gasteiger partial charge in [-0.25, -0.2) is 13.1 Å². The van der Waals surface area contributed by atoms with Gasteiger partial charge in [0.15, 0.2) is 0 Å². The minimum atomic E-state index is -3.11. The summed E-state index contributed by atoms with van der Waals surface area (Å²) in [4.78, 5) is 0. The van der Waals surface area contributed by atoms with Crippen LogP contribution in [0, 0.1) is 11.8 Å². The number of rotatable bonds is 6. The molecule has 1 aliphatic carbocycles. The fourth-order valence-corrected chi connectivity index (χ4v) is 4.21. The highest BCUT2D eigenvalue weighted by molar-refractivity contribution is 7.89. The van der Waals surface area contributed by atoms with Crippen LogP contribution >= 0.6 is 0 Å². The van der Waals surface area contributed by atoms with Gasteiger partial charge in [0.25, 0.3) is 0 Å². The Kier molecular flexibility index (Phi) is 5.89. The summed E-state index contributed by atoms with van der Waals surface area (Å²) in [5, 5.41) is 8.86. The number of nitrogens with one attached hydrogen (secondary N) is 1. The Morgan fingerprint density at radius 1 is 1.24 bits per heavy atom. The molecular formula is C12H25NO3S. The van der Waals surface area contributed by atoms with Gasteiger partial charge in [0, 0.05) is 12.6 Å². The molecule has 1 saturated carbocycles. The Balaban J connectivity index is 2.35. The maximum atomic E-state index is 11.8. The van der Waals surface area contributed by atoms with Crippen LogP contribution in [0.1, 0.15) is 46.0 Å². The van der Waals surface area contributed by atoms with E-state index in [0.29, 0.717) is 5.92 Å². The van der Waals surface area contributed by atoms with Gasteiger partial charge in [0.1, 0.15) is 0 Å². The van der Waals surface area contributed by atoms with Crippen LogP contribution in [0.3, 0.4) is 0 Å². The normalized spacial score (nSPS) is 26.4. The largest absolute Gasteiger partial charge is 0.396 e. The molecule has 0 heterocycles. The average molecular weight is 263 g/mol. The lowest BCUT2D eigenvalue weighted by atomic mass is 9.85. The molecular weight excluding hydrogens is 238 g/mol. The quantitative estimate of drug-likeness (QED) is 0.763. The number of hydrogen-bond acceptors (Lipinski definition) is 3. The molecule has 0 radical (unpaired) electrons. The Hall–Kier alpha value is -0.130. The molecule has 4 nitrogen and oxygen atoms in total. The van der Waals surface area contributed by atoms with Crippen LogP contribution in [-0.2, 0) is 10.0 Å². The Labute approximate surface area is 105 Å². The van der Waals surface area contributed by atoms with E-state index in [9.17, 15) is 8.42 Å². The number of aliphatic hydroxyl groups excluding tert-OH is 1. The Morgan fingerprint density at radius 2 is 1.82 bits per heavy atom. The van der Waals surface area contributed by atoms with Gasteiger partial charge < -0.3 is 5.11 Å². The molecule has 102 valence electrons. The zero-order chi connectivity index (χ0) is 12.9. The summed E-state index contributed by atoms with van der Waals surface area (Å²) in [6.45, 7) is 4.07. The van der Waals surface area contributed by atoms with Crippen LogP contribution in [-0.4, -0.2) is 31.9 Å². The van der Waals surface area contributed by atoms with E-state index < -0.39 is 10.0 Å². The van der Waals surface area contributed by atoms with Gasteiger partial charge in [-0.1, -0.05) is 13.8 Å². The first-order valence-corrected chi connectivity index (χ1v) is 8.19. The van der Waals surface area contributed by atoms with Crippen LogP contribution in [0.4, 0.5) is 0 Å². The van der Waals surface area contributed by atoms with Crippen molar-refractivity contribution in [2.45, 2.75) is 52.0 Å². The Bertz CT molecular complexity index is 306. The fourth-order valence-electron chi connectivity index (χ4n) is 2.49. The van der Waals surface area contributed by atoms with Crippen molar-refractivity contribution in [1.82, 2.24) is 4.72 Å². The molecule has 0 aromatic carbocycles. The zero-order valence-electron chi connectivity index (χ0n) is 10.9. The highest BCUT2D eigenvalue weighted by Crippen LogP contribution is 2.26. The van der Waals surface area contributed by atoms with E-state index in [-0.39, 0.29) is 24.3 Å². The summed E-state index contributed by atoms with van der Waals surface area (Å²) < 4.78 is 26.3. The maximum absolute atomic E-state index is 11.8. The molecule has 5 heteroatoms. The topological polar surface area (TPSA) is 66.4 Å². The van der Waals surface area contributed by atoms with Gasteiger partial charge >= 0.3 is 0 Å². The third kappa shape index (κ3) is 5.84. The minimum absolute atomic E-state index is 0.105. The van der Waals surface area contributed by atoms with Gasteiger partial charge in [-0.15, -0.1) is 0 Å². The third-order valence-corrected chi connectivity index (χ3v) is 5.08. The summed E-state index contributed by atoms with van der Waals surface area (Å²) in [6, 6.07) is 0.105. The number of hydrogen-bond donors (Lipinski definition) is 2. The predicted molar refractivity (Wildman–Crippen MR) is 69.2 cm³/mol. The van der Waals surface area contributed by atoms with E-state index in [1.165, 1.54) is 0 Å². The molecule has 0 atom stereocenters. The molecule has 17 heavy (non-hydrogen) atoms. The van der Waals surface area contributed by atoms with E-state index in [0.717, 1.165) is 32.1 Å². The highest BCUT2D eigenvalue weighted by Gasteiger charge is 2.24. The standard InChI is InChI=1S/C12H25NO3S/c1-10(2)9-17(15,16)13-12-5-3-11(4-6-12)7-8-14/h10-14H,3-9H2,1-2H3. The second kappa shape index (κ2) is 6.71. The first kappa shape index (κ1) is 14.9. The summed E-state index contributed by atoms with van der Waals surface area (Å²) in [7, 11) is -3.11. The number of sulfonamides is 1. The summed E-state index contributed by atoms with van der Waals surface area (Å²) in [6.07, 6.45) is 4.71. The molecule has 1 rings (SSSR count). The van der Waals surface area contributed by atoms with Gasteiger partial charge in [-0.3, -0.25) is 0 Å². The summed E-state index contributed by atoms with van der Waals surface area (Å²) in [5.74, 6) is 0.952. The second-order valence-electron chi connectivity index (χ2n) is 5.52. The molecule has 0 bridgehead atoms. The van der Waals surface area contributed by atoms with Crippen molar-refractivity contribution >= 4 is 10.0 Å². The van der Waals surface area contributed by atoms with Crippen LogP contribution in [0.5, 0.6) is 0 Å². The van der Waals surface area contributed by atoms with Crippen molar-refractivity contribution in [2.75, 3.05) is 12.4 Å². The van der Waals surface area contributed by atoms with E-state index in [1.54, 1.807) is 0 Å². The SMILES string of the molecule is CC(C)CS(=O)(=O)NC1CCC(CCO)CC1. The van der Waals surface area contributed by atoms with Crippen LogP contribution < -0.4 is 4.72 Å². The molecule has 0 spiro atoms. The van der Waals surface area contributed by atoms with Crippen LogP contribution in [0.15, 0.2) is 0 Å². The second-order valence-corrected chi connectivity index (χ2v) is 7.32. The average Bonchev–Trinajstić information content (AvgIpc) is 2.18. The molecule has 0 unspecified atom stereocenters. The van der Waals surface area contributed by atoms with Crippen molar-refractivity contribution in [1.29, 1.82) is 0 Å². The zero-order valence-corrected chi connectivity index (χ0v) is 11.7. The van der Waals surface area contributed by atoms with Crippen molar-refractivity contribution in [3.8, 4) is 0 Å². The van der Waals surface area contributed by atoms with Crippen LogP contribution in [0.25, 0.3) is 0 Å². The van der Waals surface area contributed by atoms with E-state index in [4.69, 9.17) is 5.11 Å². The van der Waals surface area contributed by atoms with E-state index in [1.807, 2.05) is 13.8 Å². The van der Waals surface area contributed by atoms with Gasteiger partial charge in [-0.05, 0) is 43.9 Å². The molecule has 1 fully saturated rings. The Morgan fingerprint density at radius 3 is 2.29 bits per heavy atom. The fraction of sp³-hybridized carbons (Fsp3) is 1.00. The molecule has 0 aromatic heterocycles. The minimum Gasteiger partial charge on any atom is -0.396 e. The lowest BCUT2D eigenvalue weighted by molar-refractivity contribution is 0.219. The molecule has 0 aliphatic heterocycles. The van der Waals surface area contributed by atoms with Crippen LogP contribution in [0.2, 0.25) is 0 Å². The number of aliphatic hydroxyl groups is 1. The van der Waals surface area contributed by atoms with Gasteiger partial charge in [0.2, 0.25) is 10.0 Å². The van der Waals surface area contributed by atoms with Crippen molar-refractivity contribution < 1.29 is 13.5 Å². The van der Waals surface area contributed by atoms with Gasteiger partial charge in [-0.2, -0.15) is 0 Å². The van der Waals surface area contributed by atoms with Crippen molar-refractivity contribution in [2.24, 2.45) is 11.8 Å². The molecule has 0 amide bonds. The van der Waals surface area contributed by atoms with Crippen molar-refractivity contribution in [3.05, 3.63) is 0 Å². The molecule has 1 aliphatic rings.